The Hall–Kier alpha value is 0.690. The standard InChI is InChI=1S/C9H16IN/c1-11-6-9(7-11)4-2-8(10)3-5-9/h8H,2-7H2,1H3. The molecule has 0 aromatic rings. The SMILES string of the molecule is CN1CC2(CCC(I)CC2)C1. The Morgan fingerprint density at radius 3 is 2.27 bits per heavy atom. The monoisotopic (exact) mass is 265 g/mol. The highest BCUT2D eigenvalue weighted by Crippen LogP contribution is 2.44. The van der Waals surface area contributed by atoms with Crippen LogP contribution in [-0.4, -0.2) is 29.0 Å². The van der Waals surface area contributed by atoms with Crippen LogP contribution in [-0.2, 0) is 0 Å². The lowest BCUT2D eigenvalue weighted by Crippen LogP contribution is -2.55. The lowest BCUT2D eigenvalue weighted by Gasteiger charge is -2.51. The zero-order valence-electron chi connectivity index (χ0n) is 7.15. The first kappa shape index (κ1) is 8.30. The van der Waals surface area contributed by atoms with Crippen molar-refractivity contribution in [3.8, 4) is 0 Å². The number of hydrogen-bond donors (Lipinski definition) is 0. The number of alkyl halides is 1. The Morgan fingerprint density at radius 1 is 1.27 bits per heavy atom. The second-order valence-corrected chi connectivity index (χ2v) is 6.11. The molecule has 0 N–H and O–H groups in total. The van der Waals surface area contributed by atoms with Crippen LogP contribution in [0.4, 0.5) is 0 Å². The van der Waals surface area contributed by atoms with Crippen molar-refractivity contribution in [2.75, 3.05) is 20.1 Å². The molecule has 0 bridgehead atoms. The van der Waals surface area contributed by atoms with Gasteiger partial charge in [0.25, 0.3) is 0 Å². The normalized spacial score (nSPS) is 32.2. The molecule has 2 rings (SSSR count). The van der Waals surface area contributed by atoms with Crippen molar-refractivity contribution >= 4 is 22.6 Å². The summed E-state index contributed by atoms with van der Waals surface area (Å²) in [6.45, 7) is 2.74. The minimum Gasteiger partial charge on any atom is -0.305 e. The predicted octanol–water partition coefficient (Wildman–Crippen LogP) is 2.30. The van der Waals surface area contributed by atoms with Gasteiger partial charge in [0.15, 0.2) is 0 Å². The van der Waals surface area contributed by atoms with Crippen LogP contribution in [0, 0.1) is 5.41 Å². The summed E-state index contributed by atoms with van der Waals surface area (Å²) in [5.41, 5.74) is 0.774. The number of halogens is 1. The third-order valence-corrected chi connectivity index (χ3v) is 4.43. The third-order valence-electron chi connectivity index (χ3n) is 3.19. The van der Waals surface area contributed by atoms with Crippen molar-refractivity contribution in [2.45, 2.75) is 29.6 Å². The molecule has 0 amide bonds. The first-order valence-electron chi connectivity index (χ1n) is 4.53. The molecule has 1 nitrogen and oxygen atoms in total. The lowest BCUT2D eigenvalue weighted by atomic mass is 9.69. The molecule has 0 aromatic heterocycles. The van der Waals surface area contributed by atoms with Crippen molar-refractivity contribution in [1.82, 2.24) is 4.90 Å². The molecule has 0 atom stereocenters. The topological polar surface area (TPSA) is 3.24 Å². The smallest absolute Gasteiger partial charge is 0.0110 e. The third kappa shape index (κ3) is 1.57. The van der Waals surface area contributed by atoms with E-state index < -0.39 is 0 Å². The Balaban J connectivity index is 1.88. The number of hydrogen-bond acceptors (Lipinski definition) is 1. The van der Waals surface area contributed by atoms with Gasteiger partial charge in [-0.2, -0.15) is 0 Å². The van der Waals surface area contributed by atoms with Gasteiger partial charge in [-0.3, -0.25) is 0 Å². The van der Waals surface area contributed by atoms with Gasteiger partial charge < -0.3 is 4.90 Å². The zero-order valence-corrected chi connectivity index (χ0v) is 9.30. The van der Waals surface area contributed by atoms with Crippen molar-refractivity contribution in [3.63, 3.8) is 0 Å². The van der Waals surface area contributed by atoms with E-state index >= 15 is 0 Å². The Bertz CT molecular complexity index is 142. The van der Waals surface area contributed by atoms with Gasteiger partial charge in [-0.15, -0.1) is 0 Å². The fourth-order valence-electron chi connectivity index (χ4n) is 2.61. The van der Waals surface area contributed by atoms with E-state index in [9.17, 15) is 0 Å². The molecule has 1 aliphatic carbocycles. The van der Waals surface area contributed by atoms with Crippen LogP contribution in [0.15, 0.2) is 0 Å². The summed E-state index contributed by atoms with van der Waals surface area (Å²) in [6, 6.07) is 0. The lowest BCUT2D eigenvalue weighted by molar-refractivity contribution is -0.00723. The Morgan fingerprint density at radius 2 is 1.82 bits per heavy atom. The number of rotatable bonds is 0. The van der Waals surface area contributed by atoms with Crippen molar-refractivity contribution in [3.05, 3.63) is 0 Å². The van der Waals surface area contributed by atoms with Gasteiger partial charge in [0.05, 0.1) is 0 Å². The summed E-state index contributed by atoms with van der Waals surface area (Å²) < 4.78 is 0.976. The highest BCUT2D eigenvalue weighted by Gasteiger charge is 2.42. The minimum atomic E-state index is 0.774. The second kappa shape index (κ2) is 2.87. The molecule has 2 heteroatoms. The zero-order chi connectivity index (χ0) is 7.90. The van der Waals surface area contributed by atoms with Crippen LogP contribution >= 0.6 is 22.6 Å². The largest absolute Gasteiger partial charge is 0.305 e. The molecule has 2 fully saturated rings. The highest BCUT2D eigenvalue weighted by molar-refractivity contribution is 14.1. The van der Waals surface area contributed by atoms with Crippen LogP contribution in [0.1, 0.15) is 25.7 Å². The van der Waals surface area contributed by atoms with Crippen molar-refractivity contribution < 1.29 is 0 Å². The second-order valence-electron chi connectivity index (χ2n) is 4.35. The molecule has 0 radical (unpaired) electrons. The van der Waals surface area contributed by atoms with Gasteiger partial charge in [0.2, 0.25) is 0 Å². The molecule has 1 saturated carbocycles. The van der Waals surface area contributed by atoms with Crippen LogP contribution in [0.3, 0.4) is 0 Å². The molecule has 11 heavy (non-hydrogen) atoms. The molecule has 0 unspecified atom stereocenters. The summed E-state index contributed by atoms with van der Waals surface area (Å²) in [5.74, 6) is 0. The number of nitrogens with zero attached hydrogens (tertiary/aromatic N) is 1. The first-order valence-corrected chi connectivity index (χ1v) is 5.77. The van der Waals surface area contributed by atoms with Gasteiger partial charge in [-0.25, -0.2) is 0 Å². The van der Waals surface area contributed by atoms with Crippen molar-refractivity contribution in [2.24, 2.45) is 5.41 Å². The van der Waals surface area contributed by atoms with Crippen LogP contribution in [0.25, 0.3) is 0 Å². The Kier molecular flexibility index (Phi) is 2.17. The van der Waals surface area contributed by atoms with E-state index in [-0.39, 0.29) is 0 Å². The molecule has 1 aliphatic heterocycles. The van der Waals surface area contributed by atoms with Gasteiger partial charge in [0, 0.05) is 17.0 Å². The Labute approximate surface area is 82.7 Å². The van der Waals surface area contributed by atoms with E-state index in [0.29, 0.717) is 0 Å². The summed E-state index contributed by atoms with van der Waals surface area (Å²) in [5, 5.41) is 0. The first-order chi connectivity index (χ1) is 5.20. The molecular weight excluding hydrogens is 249 g/mol. The van der Waals surface area contributed by atoms with Gasteiger partial charge in [0.1, 0.15) is 0 Å². The maximum absolute atomic E-state index is 2.61. The average molecular weight is 265 g/mol. The summed E-state index contributed by atoms with van der Waals surface area (Å²) >= 11 is 2.61. The maximum atomic E-state index is 2.61. The highest BCUT2D eigenvalue weighted by atomic mass is 127. The van der Waals surface area contributed by atoms with E-state index in [4.69, 9.17) is 0 Å². The molecule has 0 aromatic carbocycles. The molecule has 2 aliphatic rings. The van der Waals surface area contributed by atoms with E-state index in [1.165, 1.54) is 38.8 Å². The van der Waals surface area contributed by atoms with E-state index in [1.807, 2.05) is 0 Å². The fourth-order valence-corrected chi connectivity index (χ4v) is 3.23. The summed E-state index contributed by atoms with van der Waals surface area (Å²) in [6.07, 6.45) is 5.92. The molecule has 1 spiro atoms. The average Bonchev–Trinajstić information content (AvgIpc) is 1.92. The van der Waals surface area contributed by atoms with Crippen LogP contribution < -0.4 is 0 Å². The van der Waals surface area contributed by atoms with E-state index in [2.05, 4.69) is 34.5 Å². The number of likely N-dealkylation sites (tertiary alicyclic amines) is 1. The summed E-state index contributed by atoms with van der Waals surface area (Å²) in [7, 11) is 2.24. The van der Waals surface area contributed by atoms with Crippen LogP contribution in [0.2, 0.25) is 0 Å². The molecule has 1 heterocycles. The van der Waals surface area contributed by atoms with E-state index in [1.54, 1.807) is 0 Å². The van der Waals surface area contributed by atoms with Gasteiger partial charge in [-0.05, 0) is 38.1 Å². The van der Waals surface area contributed by atoms with Gasteiger partial charge >= 0.3 is 0 Å². The molecule has 1 saturated heterocycles. The fraction of sp³-hybridized carbons (Fsp3) is 1.00. The quantitative estimate of drug-likeness (QED) is 0.480. The van der Waals surface area contributed by atoms with Gasteiger partial charge in [-0.1, -0.05) is 22.6 Å². The summed E-state index contributed by atoms with van der Waals surface area (Å²) in [4.78, 5) is 2.45. The molecular formula is C9H16IN. The van der Waals surface area contributed by atoms with Crippen molar-refractivity contribution in [1.29, 1.82) is 0 Å². The predicted molar refractivity (Wildman–Crippen MR) is 56.2 cm³/mol. The van der Waals surface area contributed by atoms with Crippen LogP contribution in [0.5, 0.6) is 0 Å². The molecule has 64 valence electrons. The maximum Gasteiger partial charge on any atom is 0.0110 e. The van der Waals surface area contributed by atoms with E-state index in [0.717, 1.165) is 9.34 Å². The minimum absolute atomic E-state index is 0.774.